The molecule has 3 rings (SSSR count). The quantitative estimate of drug-likeness (QED) is 0.168. The van der Waals surface area contributed by atoms with Crippen LogP contribution in [0.1, 0.15) is 38.7 Å². The number of allylic oxidation sites excluding steroid dienone is 3. The molecule has 36 heavy (non-hydrogen) atoms. The number of hydrogen-bond donors (Lipinski definition) is 6. The number of carbonyl (C=O) groups excluding carboxylic acids is 2. The molecule has 196 valence electrons. The fourth-order valence-corrected chi connectivity index (χ4v) is 6.01. The molecule has 2 aromatic heterocycles. The Morgan fingerprint density at radius 1 is 1.17 bits per heavy atom. The summed E-state index contributed by atoms with van der Waals surface area (Å²) in [5.74, 6) is -1.29. The highest BCUT2D eigenvalue weighted by molar-refractivity contribution is 8.23. The summed E-state index contributed by atoms with van der Waals surface area (Å²) in [4.78, 5) is 49.1. The van der Waals surface area contributed by atoms with E-state index in [4.69, 9.17) is 15.2 Å². The summed E-state index contributed by atoms with van der Waals surface area (Å²) >= 11 is -1.53. The number of aromatic amines is 1. The Bertz CT molecular complexity index is 1190. The highest BCUT2D eigenvalue weighted by atomic mass is 32.2. The SMILES string of the molecule is CCOC(=O)CC[C@@H](N[SH]1C(CCc2c[nH]c3nc(N)nc(NC)c23)=CC=C1C(=O)O)C(=O)OCC. The van der Waals surface area contributed by atoms with Crippen molar-refractivity contribution in [2.75, 3.05) is 31.3 Å². The van der Waals surface area contributed by atoms with E-state index in [1.54, 1.807) is 33.0 Å². The number of H-pyrrole nitrogens is 1. The molecule has 13 heteroatoms. The minimum Gasteiger partial charge on any atom is -0.477 e. The van der Waals surface area contributed by atoms with Crippen LogP contribution < -0.4 is 15.8 Å². The maximum atomic E-state index is 12.6. The molecule has 1 unspecified atom stereocenters. The number of esters is 2. The molecule has 3 heterocycles. The van der Waals surface area contributed by atoms with E-state index in [0.29, 0.717) is 24.3 Å². The molecule has 0 saturated heterocycles. The zero-order valence-electron chi connectivity index (χ0n) is 20.5. The van der Waals surface area contributed by atoms with Gasteiger partial charge in [0.05, 0.1) is 23.5 Å². The second kappa shape index (κ2) is 12.4. The van der Waals surface area contributed by atoms with Crippen molar-refractivity contribution < 1.29 is 29.0 Å². The summed E-state index contributed by atoms with van der Waals surface area (Å²) in [7, 11) is 1.75. The second-order valence-electron chi connectivity index (χ2n) is 7.85. The van der Waals surface area contributed by atoms with Gasteiger partial charge >= 0.3 is 17.9 Å². The van der Waals surface area contributed by atoms with Gasteiger partial charge < -0.3 is 30.6 Å². The molecule has 0 aromatic carbocycles. The lowest BCUT2D eigenvalue weighted by atomic mass is 10.1. The molecule has 0 saturated carbocycles. The van der Waals surface area contributed by atoms with Crippen LogP contribution in [0.4, 0.5) is 11.8 Å². The molecule has 6 N–H and O–H groups in total. The first-order valence-electron chi connectivity index (χ1n) is 11.6. The summed E-state index contributed by atoms with van der Waals surface area (Å²) in [5, 5.41) is 13.6. The zero-order chi connectivity index (χ0) is 26.2. The number of aromatic nitrogens is 3. The summed E-state index contributed by atoms with van der Waals surface area (Å²) in [6.45, 7) is 3.80. The second-order valence-corrected chi connectivity index (χ2v) is 9.83. The van der Waals surface area contributed by atoms with Crippen LogP contribution in [-0.2, 0) is 30.3 Å². The molecule has 0 radical (unpaired) electrons. The van der Waals surface area contributed by atoms with Gasteiger partial charge in [-0.15, -0.1) is 11.1 Å². The van der Waals surface area contributed by atoms with Crippen LogP contribution in [0.5, 0.6) is 0 Å². The predicted octanol–water partition coefficient (Wildman–Crippen LogP) is 2.16. The van der Waals surface area contributed by atoms with Crippen molar-refractivity contribution in [2.24, 2.45) is 0 Å². The molecular weight excluding hydrogens is 488 g/mol. The minimum absolute atomic E-state index is 0.00389. The first-order chi connectivity index (χ1) is 17.3. The van der Waals surface area contributed by atoms with Gasteiger partial charge in [0.25, 0.3) is 0 Å². The molecule has 0 bridgehead atoms. The molecule has 2 aromatic rings. The number of carbonyl (C=O) groups is 3. The molecular formula is C23H32N6O6S. The van der Waals surface area contributed by atoms with E-state index in [-0.39, 0.29) is 36.9 Å². The van der Waals surface area contributed by atoms with Crippen molar-refractivity contribution in [3.63, 3.8) is 0 Å². The summed E-state index contributed by atoms with van der Waals surface area (Å²) in [6.07, 6.45) is 6.40. The monoisotopic (exact) mass is 520 g/mol. The van der Waals surface area contributed by atoms with Crippen LogP contribution in [0.3, 0.4) is 0 Å². The van der Waals surface area contributed by atoms with Crippen molar-refractivity contribution >= 4 is 51.8 Å². The largest absolute Gasteiger partial charge is 0.477 e. The number of carboxylic acids is 1. The number of aryl methyl sites for hydroxylation is 1. The summed E-state index contributed by atoms with van der Waals surface area (Å²) in [5.41, 5.74) is 7.32. The number of nitrogens with zero attached hydrogens (tertiary/aromatic N) is 2. The van der Waals surface area contributed by atoms with Crippen molar-refractivity contribution in [1.29, 1.82) is 0 Å². The van der Waals surface area contributed by atoms with Gasteiger partial charge in [-0.2, -0.15) is 9.97 Å². The summed E-state index contributed by atoms with van der Waals surface area (Å²) in [6, 6.07) is -0.856. The van der Waals surface area contributed by atoms with Crippen molar-refractivity contribution in [3.05, 3.63) is 33.7 Å². The van der Waals surface area contributed by atoms with Gasteiger partial charge in [0, 0.05) is 19.7 Å². The molecule has 0 fully saturated rings. The van der Waals surface area contributed by atoms with Gasteiger partial charge in [-0.25, -0.2) is 4.79 Å². The topological polar surface area (TPSA) is 182 Å². The third-order valence-electron chi connectivity index (χ3n) is 5.50. The number of fused-ring (bicyclic) bond motifs is 1. The molecule has 0 spiro atoms. The number of carboxylic acid groups (broad SMARTS) is 1. The van der Waals surface area contributed by atoms with Gasteiger partial charge in [0.2, 0.25) is 5.95 Å². The Hall–Kier alpha value is -3.58. The minimum atomic E-state index is -1.53. The van der Waals surface area contributed by atoms with E-state index >= 15 is 0 Å². The highest BCUT2D eigenvalue weighted by Gasteiger charge is 2.30. The summed E-state index contributed by atoms with van der Waals surface area (Å²) < 4.78 is 13.3. The molecule has 0 amide bonds. The van der Waals surface area contributed by atoms with E-state index in [9.17, 15) is 19.5 Å². The van der Waals surface area contributed by atoms with Gasteiger partial charge in [0.15, 0.2) is 0 Å². The van der Waals surface area contributed by atoms with Gasteiger partial charge in [-0.1, -0.05) is 6.08 Å². The molecule has 12 nitrogen and oxygen atoms in total. The fourth-order valence-electron chi connectivity index (χ4n) is 3.88. The van der Waals surface area contributed by atoms with E-state index in [2.05, 4.69) is 25.0 Å². The molecule has 1 aliphatic rings. The normalized spacial score (nSPS) is 16.8. The number of hydrogen-bond acceptors (Lipinski definition) is 10. The number of thiol groups is 1. The number of ether oxygens (including phenoxy) is 2. The Kier molecular flexibility index (Phi) is 9.31. The third-order valence-corrected chi connectivity index (χ3v) is 7.84. The van der Waals surface area contributed by atoms with Crippen molar-refractivity contribution in [2.45, 2.75) is 45.6 Å². The number of rotatable bonds is 13. The Balaban J connectivity index is 1.79. The van der Waals surface area contributed by atoms with E-state index in [0.717, 1.165) is 15.9 Å². The average molecular weight is 521 g/mol. The van der Waals surface area contributed by atoms with Crippen LogP contribution in [0.2, 0.25) is 0 Å². The third kappa shape index (κ3) is 6.34. The van der Waals surface area contributed by atoms with Crippen molar-refractivity contribution in [1.82, 2.24) is 19.7 Å². The van der Waals surface area contributed by atoms with Gasteiger partial charge in [0.1, 0.15) is 17.5 Å². The molecule has 2 atom stereocenters. The number of nitrogens with two attached hydrogens (primary N) is 1. The van der Waals surface area contributed by atoms with Crippen molar-refractivity contribution in [3.8, 4) is 0 Å². The number of nitrogen functional groups attached to an aromatic ring is 1. The fraction of sp³-hybridized carbons (Fsp3) is 0.435. The number of nitrogens with one attached hydrogen (secondary N) is 3. The molecule has 1 aliphatic heterocycles. The molecule has 0 aliphatic carbocycles. The average Bonchev–Trinajstić information content (AvgIpc) is 3.43. The Labute approximate surface area is 211 Å². The first-order valence-corrected chi connectivity index (χ1v) is 13.0. The maximum absolute atomic E-state index is 12.6. The van der Waals surface area contributed by atoms with E-state index < -0.39 is 35.0 Å². The lowest BCUT2D eigenvalue weighted by Crippen LogP contribution is -2.37. The van der Waals surface area contributed by atoms with Crippen LogP contribution in [0.15, 0.2) is 28.2 Å². The number of aliphatic carboxylic acids is 1. The van der Waals surface area contributed by atoms with Gasteiger partial charge in [-0.3, -0.25) is 14.3 Å². The first kappa shape index (κ1) is 27.0. The maximum Gasteiger partial charge on any atom is 0.341 e. The van der Waals surface area contributed by atoms with Crippen LogP contribution >= 0.6 is 11.1 Å². The standard InChI is InChI=1S/C23H32N6O6S/c1-4-34-17(30)11-9-15(22(33)35-5-2)29-36-14(8-10-16(36)21(31)32)7-6-13-12-26-20-18(13)19(25-3)27-23(24)28-20/h8,10,12,15,29,36H,4-7,9,11H2,1-3H3,(H,31,32)(H4,24,25,26,27,28)/t15-/m1/s1. The smallest absolute Gasteiger partial charge is 0.341 e. The van der Waals surface area contributed by atoms with Crippen LogP contribution in [0.25, 0.3) is 11.0 Å². The van der Waals surface area contributed by atoms with Gasteiger partial charge in [-0.05, 0) is 49.7 Å². The predicted molar refractivity (Wildman–Crippen MR) is 138 cm³/mol. The lowest BCUT2D eigenvalue weighted by molar-refractivity contribution is -0.146. The Morgan fingerprint density at radius 3 is 2.58 bits per heavy atom. The highest BCUT2D eigenvalue weighted by Crippen LogP contribution is 2.47. The van der Waals surface area contributed by atoms with Crippen LogP contribution in [-0.4, -0.2) is 64.3 Å². The Morgan fingerprint density at radius 2 is 1.92 bits per heavy atom. The number of anilines is 2. The van der Waals surface area contributed by atoms with Crippen LogP contribution in [0, 0.1) is 0 Å². The lowest BCUT2D eigenvalue weighted by Gasteiger charge is -2.28. The van der Waals surface area contributed by atoms with E-state index in [1.165, 1.54) is 0 Å². The van der Waals surface area contributed by atoms with E-state index in [1.807, 2.05) is 6.20 Å². The zero-order valence-corrected chi connectivity index (χ0v) is 21.4.